The second-order valence-electron chi connectivity index (χ2n) is 4.53. The van der Waals surface area contributed by atoms with Crippen molar-refractivity contribution in [3.8, 4) is 0 Å². The molecule has 23 heavy (non-hydrogen) atoms. The fourth-order valence-electron chi connectivity index (χ4n) is 1.69. The second kappa shape index (κ2) is 7.74. The number of nitrogens with zero attached hydrogens (tertiary/aromatic N) is 1. The van der Waals surface area contributed by atoms with Crippen LogP contribution in [0.4, 0.5) is 0 Å². The third-order valence-corrected chi connectivity index (χ3v) is 4.96. The first-order chi connectivity index (χ1) is 10.9. The summed E-state index contributed by atoms with van der Waals surface area (Å²) < 4.78 is 26.5. The number of hydrogen-bond acceptors (Lipinski definition) is 4. The number of amides is 1. The molecule has 1 amide bonds. The van der Waals surface area contributed by atoms with Crippen LogP contribution in [0.25, 0.3) is 0 Å². The van der Waals surface area contributed by atoms with Crippen LogP contribution < -0.4 is 10.0 Å². The third kappa shape index (κ3) is 5.18. The summed E-state index contributed by atoms with van der Waals surface area (Å²) in [6, 6.07) is 7.57. The number of aromatic nitrogens is 1. The van der Waals surface area contributed by atoms with Gasteiger partial charge in [-0.1, -0.05) is 23.2 Å². The number of sulfonamides is 1. The van der Waals surface area contributed by atoms with E-state index < -0.39 is 22.5 Å². The van der Waals surface area contributed by atoms with Gasteiger partial charge in [0.15, 0.2) is 0 Å². The molecule has 9 heteroatoms. The van der Waals surface area contributed by atoms with Gasteiger partial charge in [0.2, 0.25) is 15.9 Å². The molecule has 0 atom stereocenters. The molecule has 6 nitrogen and oxygen atoms in total. The van der Waals surface area contributed by atoms with Gasteiger partial charge in [-0.25, -0.2) is 13.1 Å². The number of benzene rings is 1. The van der Waals surface area contributed by atoms with E-state index in [2.05, 4.69) is 15.0 Å². The molecule has 0 aliphatic carbocycles. The Labute approximate surface area is 143 Å². The Morgan fingerprint density at radius 2 is 1.83 bits per heavy atom. The van der Waals surface area contributed by atoms with E-state index in [1.807, 2.05) is 0 Å². The maximum atomic E-state index is 12.1. The highest BCUT2D eigenvalue weighted by Crippen LogP contribution is 2.24. The SMILES string of the molecule is O=C(CNS(=O)(=O)c1cc(Cl)ccc1Cl)NCc1ccncc1. The first kappa shape index (κ1) is 17.7. The summed E-state index contributed by atoms with van der Waals surface area (Å²) in [7, 11) is -3.93. The van der Waals surface area contributed by atoms with Gasteiger partial charge in [-0.2, -0.15) is 0 Å². The van der Waals surface area contributed by atoms with Crippen molar-refractivity contribution < 1.29 is 13.2 Å². The zero-order valence-electron chi connectivity index (χ0n) is 11.8. The molecule has 0 saturated carbocycles. The molecule has 0 radical (unpaired) electrons. The normalized spacial score (nSPS) is 11.2. The number of pyridine rings is 1. The lowest BCUT2D eigenvalue weighted by atomic mass is 10.3. The highest BCUT2D eigenvalue weighted by atomic mass is 35.5. The second-order valence-corrected chi connectivity index (χ2v) is 7.11. The van der Waals surface area contributed by atoms with Crippen LogP contribution in [-0.4, -0.2) is 25.9 Å². The minimum Gasteiger partial charge on any atom is -0.351 e. The largest absolute Gasteiger partial charge is 0.351 e. The Hall–Kier alpha value is -1.67. The van der Waals surface area contributed by atoms with Crippen LogP contribution in [0.1, 0.15) is 5.56 Å². The fraction of sp³-hybridized carbons (Fsp3) is 0.143. The highest BCUT2D eigenvalue weighted by molar-refractivity contribution is 7.89. The summed E-state index contributed by atoms with van der Waals surface area (Å²) in [6.45, 7) is -0.128. The van der Waals surface area contributed by atoms with Gasteiger partial charge < -0.3 is 5.32 Å². The number of nitrogens with one attached hydrogen (secondary N) is 2. The zero-order valence-corrected chi connectivity index (χ0v) is 14.1. The summed E-state index contributed by atoms with van der Waals surface area (Å²) >= 11 is 11.6. The van der Waals surface area contributed by atoms with E-state index in [0.717, 1.165) is 5.56 Å². The number of carbonyl (C=O) groups is 1. The quantitative estimate of drug-likeness (QED) is 0.810. The number of hydrogen-bond donors (Lipinski definition) is 2. The molecule has 0 aliphatic heterocycles. The Morgan fingerprint density at radius 1 is 1.13 bits per heavy atom. The van der Waals surface area contributed by atoms with Crippen LogP contribution in [0.15, 0.2) is 47.6 Å². The predicted octanol–water partition coefficient (Wildman–Crippen LogP) is 1.98. The van der Waals surface area contributed by atoms with Crippen molar-refractivity contribution in [3.05, 3.63) is 58.3 Å². The molecule has 2 N–H and O–H groups in total. The lowest BCUT2D eigenvalue weighted by Gasteiger charge is -2.09. The van der Waals surface area contributed by atoms with E-state index in [-0.39, 0.29) is 21.5 Å². The van der Waals surface area contributed by atoms with E-state index >= 15 is 0 Å². The molecule has 0 spiro atoms. The molecule has 1 aromatic heterocycles. The lowest BCUT2D eigenvalue weighted by molar-refractivity contribution is -0.120. The van der Waals surface area contributed by atoms with E-state index in [4.69, 9.17) is 23.2 Å². The summed E-state index contributed by atoms with van der Waals surface area (Å²) in [5.74, 6) is -0.469. The molecule has 2 rings (SSSR count). The van der Waals surface area contributed by atoms with Gasteiger partial charge >= 0.3 is 0 Å². The van der Waals surface area contributed by atoms with Gasteiger partial charge in [0.05, 0.1) is 11.6 Å². The highest BCUT2D eigenvalue weighted by Gasteiger charge is 2.19. The molecule has 1 heterocycles. The smallest absolute Gasteiger partial charge is 0.242 e. The van der Waals surface area contributed by atoms with Crippen LogP contribution in [0.2, 0.25) is 10.0 Å². The van der Waals surface area contributed by atoms with Crippen molar-refractivity contribution in [1.82, 2.24) is 15.0 Å². The van der Waals surface area contributed by atoms with Gasteiger partial charge in [-0.3, -0.25) is 9.78 Å². The molecular weight excluding hydrogens is 361 g/mol. The minimum absolute atomic E-state index is 0.0269. The van der Waals surface area contributed by atoms with E-state index in [9.17, 15) is 13.2 Å². The Morgan fingerprint density at radius 3 is 2.52 bits per heavy atom. The maximum Gasteiger partial charge on any atom is 0.242 e. The molecular formula is C14H13Cl2N3O3S. The minimum atomic E-state index is -3.93. The van der Waals surface area contributed by atoms with Crippen molar-refractivity contribution in [1.29, 1.82) is 0 Å². The summed E-state index contributed by atoms with van der Waals surface area (Å²) in [4.78, 5) is 15.4. The lowest BCUT2D eigenvalue weighted by Crippen LogP contribution is -2.36. The molecule has 0 saturated heterocycles. The Kier molecular flexibility index (Phi) is 5.95. The summed E-state index contributed by atoms with van der Waals surface area (Å²) in [6.07, 6.45) is 3.21. The maximum absolute atomic E-state index is 12.1. The molecule has 0 unspecified atom stereocenters. The summed E-state index contributed by atoms with van der Waals surface area (Å²) in [5, 5.41) is 2.86. The van der Waals surface area contributed by atoms with Crippen molar-refractivity contribution >= 4 is 39.1 Å². The van der Waals surface area contributed by atoms with E-state index in [1.165, 1.54) is 18.2 Å². The van der Waals surface area contributed by atoms with Crippen molar-refractivity contribution in [2.75, 3.05) is 6.54 Å². The van der Waals surface area contributed by atoms with Crippen LogP contribution >= 0.6 is 23.2 Å². The van der Waals surface area contributed by atoms with Gasteiger partial charge in [-0.15, -0.1) is 0 Å². The Balaban J connectivity index is 1.94. The van der Waals surface area contributed by atoms with Gasteiger partial charge in [0, 0.05) is 24.0 Å². The third-order valence-electron chi connectivity index (χ3n) is 2.84. The van der Waals surface area contributed by atoms with Crippen molar-refractivity contribution in [3.63, 3.8) is 0 Å². The summed E-state index contributed by atoms with van der Waals surface area (Å²) in [5.41, 5.74) is 0.856. The first-order valence-corrected chi connectivity index (χ1v) is 8.73. The van der Waals surface area contributed by atoms with Gasteiger partial charge in [0.1, 0.15) is 4.90 Å². The molecule has 0 aliphatic rings. The monoisotopic (exact) mass is 373 g/mol. The zero-order chi connectivity index (χ0) is 16.9. The van der Waals surface area contributed by atoms with E-state index in [0.29, 0.717) is 0 Å². The molecule has 122 valence electrons. The molecule has 0 fully saturated rings. The van der Waals surface area contributed by atoms with E-state index in [1.54, 1.807) is 24.5 Å². The number of halogens is 2. The molecule has 1 aromatic carbocycles. The predicted molar refractivity (Wildman–Crippen MR) is 87.7 cm³/mol. The van der Waals surface area contributed by atoms with Crippen LogP contribution in [0, 0.1) is 0 Å². The van der Waals surface area contributed by atoms with Crippen LogP contribution in [0.3, 0.4) is 0 Å². The van der Waals surface area contributed by atoms with Crippen LogP contribution in [0.5, 0.6) is 0 Å². The fourth-order valence-corrected chi connectivity index (χ4v) is 3.43. The van der Waals surface area contributed by atoms with Crippen molar-refractivity contribution in [2.24, 2.45) is 0 Å². The standard InChI is InChI=1S/C14H13Cl2N3O3S/c15-11-1-2-12(16)13(7-11)23(21,22)19-9-14(20)18-8-10-3-5-17-6-4-10/h1-7,19H,8-9H2,(H,18,20). The number of rotatable bonds is 6. The van der Waals surface area contributed by atoms with Crippen LogP contribution in [-0.2, 0) is 21.4 Å². The Bertz CT molecular complexity index is 798. The van der Waals surface area contributed by atoms with Gasteiger partial charge in [-0.05, 0) is 35.9 Å². The molecule has 0 bridgehead atoms. The number of carbonyl (C=O) groups excluding carboxylic acids is 1. The molecule has 2 aromatic rings. The average Bonchev–Trinajstić information content (AvgIpc) is 2.54. The van der Waals surface area contributed by atoms with Gasteiger partial charge in [0.25, 0.3) is 0 Å². The first-order valence-electron chi connectivity index (χ1n) is 6.49. The average molecular weight is 374 g/mol. The van der Waals surface area contributed by atoms with Crippen molar-refractivity contribution in [2.45, 2.75) is 11.4 Å². The topological polar surface area (TPSA) is 88.2 Å².